The number of benzene rings is 3. The van der Waals surface area contributed by atoms with E-state index in [4.69, 9.17) is 4.84 Å². The van der Waals surface area contributed by atoms with Crippen LogP contribution in [0.15, 0.2) is 99.6 Å². The first-order valence-electron chi connectivity index (χ1n) is 9.20. The molecule has 0 saturated carbocycles. The second-order valence-corrected chi connectivity index (χ2v) is 8.45. The van der Waals surface area contributed by atoms with Crippen molar-refractivity contribution in [3.8, 4) is 5.75 Å². The standard InChI is InChI=1S/C23H22NO2S/c25-18-19-10-9-17-24(19)26-22-15-7-8-16-23(22)27(20-11-3-1-4-12-20)21-13-5-2-6-14-21/h1-8,11-16,18-19H,9-10,17H2/q+1/t19-/m0/s1. The summed E-state index contributed by atoms with van der Waals surface area (Å²) in [7, 11) is -0.279. The molecule has 0 aliphatic carbocycles. The molecule has 0 bridgehead atoms. The maximum absolute atomic E-state index is 11.3. The smallest absolute Gasteiger partial charge is 0.210 e. The van der Waals surface area contributed by atoms with Crippen LogP contribution in [0.25, 0.3) is 0 Å². The molecule has 27 heavy (non-hydrogen) atoms. The Hall–Kier alpha value is -2.56. The summed E-state index contributed by atoms with van der Waals surface area (Å²) in [6, 6.07) is 29.0. The summed E-state index contributed by atoms with van der Waals surface area (Å²) >= 11 is 0. The molecule has 0 amide bonds. The highest BCUT2D eigenvalue weighted by molar-refractivity contribution is 7.97. The van der Waals surface area contributed by atoms with Gasteiger partial charge in [0, 0.05) is 6.54 Å². The molecule has 1 fully saturated rings. The zero-order chi connectivity index (χ0) is 18.5. The molecule has 3 nitrogen and oxygen atoms in total. The van der Waals surface area contributed by atoms with E-state index >= 15 is 0 Å². The molecule has 3 aromatic rings. The zero-order valence-corrected chi connectivity index (χ0v) is 15.8. The van der Waals surface area contributed by atoms with E-state index in [9.17, 15) is 4.79 Å². The molecule has 1 heterocycles. The lowest BCUT2D eigenvalue weighted by Crippen LogP contribution is -2.34. The van der Waals surface area contributed by atoms with Crippen molar-refractivity contribution in [2.75, 3.05) is 6.54 Å². The van der Waals surface area contributed by atoms with E-state index in [0.717, 1.165) is 36.3 Å². The number of carbonyl (C=O) groups is 1. The van der Waals surface area contributed by atoms with Gasteiger partial charge in [-0.2, -0.15) is 0 Å². The molecule has 4 heteroatoms. The van der Waals surface area contributed by atoms with Crippen molar-refractivity contribution in [2.45, 2.75) is 33.6 Å². The average molecular weight is 377 g/mol. The summed E-state index contributed by atoms with van der Waals surface area (Å²) in [5.74, 6) is 0.822. The van der Waals surface area contributed by atoms with Crippen LogP contribution in [0.2, 0.25) is 0 Å². The highest BCUT2D eigenvalue weighted by Gasteiger charge is 2.34. The number of para-hydroxylation sites is 1. The van der Waals surface area contributed by atoms with Gasteiger partial charge in [0.15, 0.2) is 9.79 Å². The number of hydroxylamine groups is 2. The molecule has 0 N–H and O–H groups in total. The molecule has 0 radical (unpaired) electrons. The van der Waals surface area contributed by atoms with Gasteiger partial charge in [-0.25, -0.2) is 0 Å². The first-order valence-corrected chi connectivity index (χ1v) is 10.4. The summed E-state index contributed by atoms with van der Waals surface area (Å²) in [6.45, 7) is 0.780. The fraction of sp³-hybridized carbons (Fsp3) is 0.174. The van der Waals surface area contributed by atoms with Gasteiger partial charge in [0.25, 0.3) is 0 Å². The summed E-state index contributed by atoms with van der Waals surface area (Å²) in [4.78, 5) is 21.2. The Morgan fingerprint density at radius 1 is 0.852 bits per heavy atom. The Morgan fingerprint density at radius 2 is 1.44 bits per heavy atom. The molecule has 3 aromatic carbocycles. The number of rotatable bonds is 6. The molecule has 136 valence electrons. The molecular weight excluding hydrogens is 354 g/mol. The topological polar surface area (TPSA) is 29.5 Å². The van der Waals surface area contributed by atoms with Gasteiger partial charge < -0.3 is 9.63 Å². The van der Waals surface area contributed by atoms with Crippen LogP contribution in [0.3, 0.4) is 0 Å². The normalized spacial score (nSPS) is 17.1. The van der Waals surface area contributed by atoms with Crippen molar-refractivity contribution >= 4 is 17.2 Å². The molecule has 1 aliphatic heterocycles. The first kappa shape index (κ1) is 17.8. The summed E-state index contributed by atoms with van der Waals surface area (Å²) in [6.07, 6.45) is 2.83. The maximum Gasteiger partial charge on any atom is 0.210 e. The fourth-order valence-corrected chi connectivity index (χ4v) is 5.50. The van der Waals surface area contributed by atoms with E-state index in [-0.39, 0.29) is 16.9 Å². The van der Waals surface area contributed by atoms with E-state index in [2.05, 4.69) is 60.7 Å². The SMILES string of the molecule is O=C[C@@H]1CCCN1Oc1ccccc1[S+](c1ccccc1)c1ccccc1. The van der Waals surface area contributed by atoms with E-state index in [0.29, 0.717) is 0 Å². The van der Waals surface area contributed by atoms with Crippen LogP contribution in [0.1, 0.15) is 12.8 Å². The van der Waals surface area contributed by atoms with Crippen molar-refractivity contribution in [3.05, 3.63) is 84.9 Å². The van der Waals surface area contributed by atoms with Gasteiger partial charge in [-0.1, -0.05) is 48.5 Å². The number of nitrogens with zero attached hydrogens (tertiary/aromatic N) is 1. The lowest BCUT2D eigenvalue weighted by molar-refractivity contribution is -0.124. The second-order valence-electron chi connectivity index (χ2n) is 6.46. The monoisotopic (exact) mass is 376 g/mol. The van der Waals surface area contributed by atoms with Crippen LogP contribution in [0.5, 0.6) is 5.75 Å². The first-order chi connectivity index (χ1) is 13.4. The maximum atomic E-state index is 11.3. The minimum absolute atomic E-state index is 0.159. The number of aldehydes is 1. The lowest BCUT2D eigenvalue weighted by atomic mass is 10.2. The van der Waals surface area contributed by atoms with Crippen LogP contribution in [0, 0.1) is 0 Å². The Kier molecular flexibility index (Phi) is 5.56. The lowest BCUT2D eigenvalue weighted by Gasteiger charge is -2.21. The third-order valence-corrected chi connectivity index (χ3v) is 6.91. The largest absolute Gasteiger partial charge is 0.400 e. The Balaban J connectivity index is 1.76. The van der Waals surface area contributed by atoms with Gasteiger partial charge in [0.1, 0.15) is 23.2 Å². The van der Waals surface area contributed by atoms with Crippen molar-refractivity contribution in [2.24, 2.45) is 0 Å². The summed E-state index contributed by atoms with van der Waals surface area (Å²) < 4.78 is 0. The molecular formula is C23H22NO2S+. The van der Waals surface area contributed by atoms with Crippen molar-refractivity contribution < 1.29 is 9.63 Å². The Labute approximate surface area is 162 Å². The second kappa shape index (κ2) is 8.42. The predicted octanol–water partition coefficient (Wildman–Crippen LogP) is 4.74. The predicted molar refractivity (Wildman–Crippen MR) is 108 cm³/mol. The van der Waals surface area contributed by atoms with E-state index < -0.39 is 0 Å². The molecule has 1 saturated heterocycles. The zero-order valence-electron chi connectivity index (χ0n) is 15.0. The van der Waals surface area contributed by atoms with Crippen molar-refractivity contribution in [1.29, 1.82) is 0 Å². The van der Waals surface area contributed by atoms with E-state index in [1.54, 1.807) is 0 Å². The van der Waals surface area contributed by atoms with E-state index in [1.807, 2.05) is 29.3 Å². The Morgan fingerprint density at radius 3 is 2.07 bits per heavy atom. The molecule has 0 aromatic heterocycles. The fourth-order valence-electron chi connectivity index (χ4n) is 3.34. The highest BCUT2D eigenvalue weighted by atomic mass is 32.2. The summed E-state index contributed by atoms with van der Waals surface area (Å²) in [5.41, 5.74) is 0. The van der Waals surface area contributed by atoms with Gasteiger partial charge in [-0.15, -0.1) is 5.06 Å². The van der Waals surface area contributed by atoms with Crippen LogP contribution < -0.4 is 4.84 Å². The molecule has 1 atom stereocenters. The van der Waals surface area contributed by atoms with Crippen LogP contribution >= 0.6 is 0 Å². The number of hydrogen-bond donors (Lipinski definition) is 0. The van der Waals surface area contributed by atoms with Gasteiger partial charge in [-0.3, -0.25) is 0 Å². The third-order valence-electron chi connectivity index (χ3n) is 4.65. The molecule has 0 spiro atoms. The average Bonchev–Trinajstić information content (AvgIpc) is 3.18. The minimum Gasteiger partial charge on any atom is -0.400 e. The van der Waals surface area contributed by atoms with Crippen molar-refractivity contribution in [3.63, 3.8) is 0 Å². The van der Waals surface area contributed by atoms with Gasteiger partial charge in [-0.05, 0) is 49.2 Å². The third kappa shape index (κ3) is 3.92. The molecule has 0 unspecified atom stereocenters. The minimum atomic E-state index is -0.279. The van der Waals surface area contributed by atoms with Crippen molar-refractivity contribution in [1.82, 2.24) is 5.06 Å². The molecule has 1 aliphatic rings. The van der Waals surface area contributed by atoms with Crippen LogP contribution in [0.4, 0.5) is 0 Å². The van der Waals surface area contributed by atoms with Gasteiger partial charge in [0.05, 0.1) is 0 Å². The number of hydrogen-bond acceptors (Lipinski definition) is 3. The quantitative estimate of drug-likeness (QED) is 0.460. The Bertz CT molecular complexity index is 846. The molecule has 4 rings (SSSR count). The van der Waals surface area contributed by atoms with Gasteiger partial charge >= 0.3 is 0 Å². The van der Waals surface area contributed by atoms with Crippen LogP contribution in [-0.2, 0) is 15.7 Å². The summed E-state index contributed by atoms with van der Waals surface area (Å²) in [5, 5.41) is 1.82. The number of carbonyl (C=O) groups excluding carboxylic acids is 1. The van der Waals surface area contributed by atoms with E-state index in [1.165, 1.54) is 9.79 Å². The van der Waals surface area contributed by atoms with Gasteiger partial charge in [0.2, 0.25) is 10.6 Å². The van der Waals surface area contributed by atoms with Crippen LogP contribution in [-0.4, -0.2) is 23.9 Å². The highest BCUT2D eigenvalue weighted by Crippen LogP contribution is 2.37.